The van der Waals surface area contributed by atoms with Crippen molar-refractivity contribution in [1.29, 1.82) is 0 Å². The van der Waals surface area contributed by atoms with E-state index in [1.165, 1.54) is 4.90 Å². The van der Waals surface area contributed by atoms with Crippen LogP contribution >= 0.6 is 23.2 Å². The van der Waals surface area contributed by atoms with Gasteiger partial charge in [-0.3, -0.25) is 9.59 Å². The van der Waals surface area contributed by atoms with E-state index in [2.05, 4.69) is 0 Å². The molecule has 0 unspecified atom stereocenters. The number of hydrogen-bond donors (Lipinski definition) is 1. The normalized spacial score (nSPS) is 23.2. The van der Waals surface area contributed by atoms with E-state index < -0.39 is 30.1 Å². The highest BCUT2D eigenvalue weighted by Crippen LogP contribution is 2.52. The highest BCUT2D eigenvalue weighted by atomic mass is 35.5. The Labute approximate surface area is 238 Å². The van der Waals surface area contributed by atoms with E-state index >= 15 is 0 Å². The van der Waals surface area contributed by atoms with Gasteiger partial charge in [-0.15, -0.1) is 0 Å². The van der Waals surface area contributed by atoms with Gasteiger partial charge in [0.25, 0.3) is 0 Å². The molecule has 0 radical (unpaired) electrons. The minimum absolute atomic E-state index is 0.112. The van der Waals surface area contributed by atoms with E-state index in [0.717, 1.165) is 22.4 Å². The van der Waals surface area contributed by atoms with Crippen LogP contribution in [0.15, 0.2) is 72.8 Å². The number of rotatable bonds is 7. The fourth-order valence-electron chi connectivity index (χ4n) is 5.80. The Balaban J connectivity index is 1.50. The van der Waals surface area contributed by atoms with Gasteiger partial charge in [0.2, 0.25) is 5.91 Å². The average molecular weight is 568 g/mol. The van der Waals surface area contributed by atoms with Crippen LogP contribution < -0.4 is 4.74 Å². The number of nitrogens with zero attached hydrogens (tertiary/aromatic N) is 1. The number of amides is 1. The molecule has 0 aliphatic carbocycles. The van der Waals surface area contributed by atoms with Gasteiger partial charge in [0.15, 0.2) is 0 Å². The largest absolute Gasteiger partial charge is 0.487 e. The summed E-state index contributed by atoms with van der Waals surface area (Å²) in [5, 5.41) is 10.9. The zero-order valence-electron chi connectivity index (χ0n) is 21.8. The minimum atomic E-state index is -1.08. The van der Waals surface area contributed by atoms with Crippen LogP contribution in [0.3, 0.4) is 0 Å². The first kappa shape index (κ1) is 27.5. The van der Waals surface area contributed by atoms with E-state index in [-0.39, 0.29) is 24.5 Å². The van der Waals surface area contributed by atoms with Crippen LogP contribution in [0.1, 0.15) is 43.1 Å². The predicted octanol–water partition coefficient (Wildman–Crippen LogP) is 6.58. The molecule has 2 heterocycles. The maximum atomic E-state index is 14.2. The highest BCUT2D eigenvalue weighted by Gasteiger charge is 2.52. The standard InChI is InChI=1S/C31H31Cl2NO5/c1-31(2)25-16-24(30(37)34(18-28(35)36)17-19-10-12-21(32)13-11-19)27(15-20-6-5-7-22(33)14-20)38-29(25)23-8-3-4-9-26(23)39-31/h3-14,24-25,27,29H,15-18H2,1-2H3,(H,35,36)/t24-,25-,27-,29+/m1/s1. The summed E-state index contributed by atoms with van der Waals surface area (Å²) < 4.78 is 13.2. The van der Waals surface area contributed by atoms with Crippen LogP contribution in [0.4, 0.5) is 0 Å². The molecule has 5 rings (SSSR count). The van der Waals surface area contributed by atoms with E-state index in [0.29, 0.717) is 22.9 Å². The van der Waals surface area contributed by atoms with Crippen molar-refractivity contribution in [2.75, 3.05) is 6.54 Å². The summed E-state index contributed by atoms with van der Waals surface area (Å²) in [5.41, 5.74) is 2.12. The molecule has 4 atom stereocenters. The Bertz CT molecular complexity index is 1360. The van der Waals surface area contributed by atoms with Crippen molar-refractivity contribution in [1.82, 2.24) is 4.90 Å². The number of para-hydroxylation sites is 1. The molecule has 0 spiro atoms. The number of ether oxygens (including phenoxy) is 2. The van der Waals surface area contributed by atoms with Crippen molar-refractivity contribution in [2.45, 2.75) is 51.0 Å². The van der Waals surface area contributed by atoms with Gasteiger partial charge in [0, 0.05) is 28.1 Å². The van der Waals surface area contributed by atoms with Crippen molar-refractivity contribution in [3.05, 3.63) is 99.5 Å². The van der Waals surface area contributed by atoms with E-state index in [1.54, 1.807) is 24.3 Å². The minimum Gasteiger partial charge on any atom is -0.487 e. The van der Waals surface area contributed by atoms with Gasteiger partial charge >= 0.3 is 5.97 Å². The lowest BCUT2D eigenvalue weighted by Crippen LogP contribution is -2.55. The number of halogens is 2. The van der Waals surface area contributed by atoms with Gasteiger partial charge in [-0.25, -0.2) is 0 Å². The Kier molecular flexibility index (Phi) is 7.90. The molecule has 1 N–H and O–H groups in total. The first-order valence-electron chi connectivity index (χ1n) is 13.0. The maximum Gasteiger partial charge on any atom is 0.323 e. The highest BCUT2D eigenvalue weighted by molar-refractivity contribution is 6.30. The first-order valence-corrected chi connectivity index (χ1v) is 13.8. The van der Waals surface area contributed by atoms with Crippen molar-refractivity contribution >= 4 is 35.1 Å². The smallest absolute Gasteiger partial charge is 0.323 e. The van der Waals surface area contributed by atoms with E-state index in [1.807, 2.05) is 62.4 Å². The van der Waals surface area contributed by atoms with Crippen molar-refractivity contribution in [3.63, 3.8) is 0 Å². The molecule has 0 aromatic heterocycles. The second kappa shape index (κ2) is 11.2. The summed E-state index contributed by atoms with van der Waals surface area (Å²) in [4.78, 5) is 27.4. The number of benzene rings is 3. The fourth-order valence-corrected chi connectivity index (χ4v) is 6.14. The van der Waals surface area contributed by atoms with Crippen LogP contribution in [0.25, 0.3) is 0 Å². The molecule has 204 valence electrons. The molecule has 3 aromatic carbocycles. The number of hydrogen-bond acceptors (Lipinski definition) is 4. The zero-order chi connectivity index (χ0) is 27.7. The van der Waals surface area contributed by atoms with Crippen molar-refractivity contribution in [3.8, 4) is 5.75 Å². The SMILES string of the molecule is CC1(C)Oc2ccccc2[C@@H]2O[C@H](Cc3cccc(Cl)c3)[C@H](C(=O)N(CC(=O)O)Cc3ccc(Cl)cc3)C[C@H]21. The number of carboxylic acids is 1. The number of carboxylic acid groups (broad SMARTS) is 1. The number of carbonyl (C=O) groups is 2. The Morgan fingerprint density at radius 1 is 0.974 bits per heavy atom. The number of carbonyl (C=O) groups excluding carboxylic acids is 1. The molecule has 1 fully saturated rings. The molecule has 2 aliphatic heterocycles. The van der Waals surface area contributed by atoms with Crippen LogP contribution in [0, 0.1) is 11.8 Å². The monoisotopic (exact) mass is 567 g/mol. The van der Waals surface area contributed by atoms with Gasteiger partial charge in [-0.1, -0.05) is 65.7 Å². The predicted molar refractivity (Wildman–Crippen MR) is 150 cm³/mol. The quantitative estimate of drug-likeness (QED) is 0.349. The Hall–Kier alpha value is -3.06. The molecular weight excluding hydrogens is 537 g/mol. The van der Waals surface area contributed by atoms with Crippen LogP contribution in [0.2, 0.25) is 10.0 Å². The van der Waals surface area contributed by atoms with Crippen molar-refractivity contribution < 1.29 is 24.2 Å². The zero-order valence-corrected chi connectivity index (χ0v) is 23.4. The average Bonchev–Trinajstić information content (AvgIpc) is 2.88. The number of fused-ring (bicyclic) bond motifs is 3. The van der Waals surface area contributed by atoms with E-state index in [9.17, 15) is 14.7 Å². The molecular formula is C31H31Cl2NO5. The topological polar surface area (TPSA) is 76.1 Å². The summed E-state index contributed by atoms with van der Waals surface area (Å²) >= 11 is 12.3. The second-order valence-corrected chi connectivity index (χ2v) is 11.7. The Morgan fingerprint density at radius 2 is 1.72 bits per heavy atom. The molecule has 6 nitrogen and oxygen atoms in total. The van der Waals surface area contributed by atoms with Gasteiger partial charge in [0.1, 0.15) is 17.9 Å². The molecule has 0 bridgehead atoms. The molecule has 3 aromatic rings. The summed E-state index contributed by atoms with van der Waals surface area (Å²) in [5.74, 6) is -1.24. The van der Waals surface area contributed by atoms with Gasteiger partial charge < -0.3 is 19.5 Å². The lowest BCUT2D eigenvalue weighted by atomic mass is 9.71. The van der Waals surface area contributed by atoms with Crippen LogP contribution in [0.5, 0.6) is 5.75 Å². The van der Waals surface area contributed by atoms with Crippen LogP contribution in [-0.4, -0.2) is 40.1 Å². The van der Waals surface area contributed by atoms with Gasteiger partial charge in [-0.05, 0) is 68.1 Å². The van der Waals surface area contributed by atoms with E-state index in [4.69, 9.17) is 32.7 Å². The van der Waals surface area contributed by atoms with Crippen LogP contribution in [-0.2, 0) is 27.3 Å². The third-order valence-corrected chi connectivity index (χ3v) is 8.19. The maximum absolute atomic E-state index is 14.2. The third-order valence-electron chi connectivity index (χ3n) is 7.70. The third kappa shape index (κ3) is 6.08. The summed E-state index contributed by atoms with van der Waals surface area (Å²) in [7, 11) is 0. The van der Waals surface area contributed by atoms with Gasteiger partial charge in [0.05, 0.1) is 18.1 Å². The lowest BCUT2D eigenvalue weighted by Gasteiger charge is -2.51. The number of aliphatic carboxylic acids is 1. The summed E-state index contributed by atoms with van der Waals surface area (Å²) in [6.07, 6.45) is 0.209. The second-order valence-electron chi connectivity index (χ2n) is 10.8. The first-order chi connectivity index (χ1) is 18.6. The molecule has 8 heteroatoms. The lowest BCUT2D eigenvalue weighted by molar-refractivity contribution is -0.184. The molecule has 0 saturated carbocycles. The fraction of sp³-hybridized carbons (Fsp3) is 0.355. The summed E-state index contributed by atoms with van der Waals surface area (Å²) in [6.45, 7) is 3.77. The Morgan fingerprint density at radius 3 is 2.44 bits per heavy atom. The van der Waals surface area contributed by atoms with Crippen molar-refractivity contribution in [2.24, 2.45) is 11.8 Å². The molecule has 2 aliphatic rings. The molecule has 39 heavy (non-hydrogen) atoms. The molecule has 1 amide bonds. The summed E-state index contributed by atoms with van der Waals surface area (Å²) in [6, 6.07) is 22.5. The molecule has 1 saturated heterocycles. The van der Waals surface area contributed by atoms with Gasteiger partial charge in [-0.2, -0.15) is 0 Å².